The maximum atomic E-state index is 13.9. The number of hydrogen-bond acceptors (Lipinski definition) is 2. The van der Waals surface area contributed by atoms with Gasteiger partial charge in [0, 0.05) is 36.1 Å². The summed E-state index contributed by atoms with van der Waals surface area (Å²) in [6.07, 6.45) is 7.83. The van der Waals surface area contributed by atoms with E-state index in [2.05, 4.69) is 4.57 Å². The molecule has 7 heteroatoms. The second-order valence-electron chi connectivity index (χ2n) is 10.3. The molecule has 5 nitrogen and oxygen atoms in total. The predicted molar refractivity (Wildman–Crippen MR) is 145 cm³/mol. The SMILES string of the molecule is CCC(C)N(CC(=O)N(Cc1cccn1Cc1ccc(F)cc1)C1CCCCC1)C(=O)c1cccc(F)c1. The van der Waals surface area contributed by atoms with Crippen LogP contribution < -0.4 is 0 Å². The molecule has 0 spiro atoms. The minimum absolute atomic E-state index is 0.0560. The van der Waals surface area contributed by atoms with Gasteiger partial charge in [-0.1, -0.05) is 44.4 Å². The zero-order valence-corrected chi connectivity index (χ0v) is 22.3. The van der Waals surface area contributed by atoms with Crippen molar-refractivity contribution in [3.8, 4) is 0 Å². The largest absolute Gasteiger partial charge is 0.345 e. The van der Waals surface area contributed by atoms with Crippen LogP contribution in [-0.2, 0) is 17.9 Å². The van der Waals surface area contributed by atoms with Crippen LogP contribution in [0, 0.1) is 11.6 Å². The normalized spacial score (nSPS) is 14.7. The van der Waals surface area contributed by atoms with Gasteiger partial charge < -0.3 is 14.4 Å². The van der Waals surface area contributed by atoms with Crippen LogP contribution in [0.15, 0.2) is 66.9 Å². The number of amides is 2. The van der Waals surface area contributed by atoms with Crippen LogP contribution in [-0.4, -0.2) is 44.8 Å². The molecule has 1 atom stereocenters. The van der Waals surface area contributed by atoms with Gasteiger partial charge in [-0.3, -0.25) is 9.59 Å². The molecule has 2 aromatic carbocycles. The highest BCUT2D eigenvalue weighted by Crippen LogP contribution is 2.25. The minimum atomic E-state index is -0.475. The maximum absolute atomic E-state index is 13.9. The van der Waals surface area contributed by atoms with Gasteiger partial charge in [-0.15, -0.1) is 0 Å². The molecule has 0 saturated heterocycles. The highest BCUT2D eigenvalue weighted by Gasteiger charge is 2.30. The van der Waals surface area contributed by atoms with Crippen LogP contribution in [0.3, 0.4) is 0 Å². The summed E-state index contributed by atoms with van der Waals surface area (Å²) in [7, 11) is 0. The third-order valence-corrected chi connectivity index (χ3v) is 7.62. The molecule has 1 heterocycles. The van der Waals surface area contributed by atoms with Gasteiger partial charge in [0.15, 0.2) is 0 Å². The molecular formula is C31H37F2N3O2. The Morgan fingerprint density at radius 2 is 1.71 bits per heavy atom. The quantitative estimate of drug-likeness (QED) is 0.309. The first-order valence-electron chi connectivity index (χ1n) is 13.6. The van der Waals surface area contributed by atoms with Gasteiger partial charge >= 0.3 is 0 Å². The van der Waals surface area contributed by atoms with Crippen LogP contribution >= 0.6 is 0 Å². The molecule has 1 unspecified atom stereocenters. The van der Waals surface area contributed by atoms with Crippen LogP contribution in [0.5, 0.6) is 0 Å². The molecule has 3 aromatic rings. The number of carbonyl (C=O) groups excluding carboxylic acids is 2. The molecule has 0 bridgehead atoms. The molecule has 1 saturated carbocycles. The summed E-state index contributed by atoms with van der Waals surface area (Å²) in [5.74, 6) is -1.18. The van der Waals surface area contributed by atoms with Crippen LogP contribution in [0.4, 0.5) is 8.78 Å². The average molecular weight is 522 g/mol. The van der Waals surface area contributed by atoms with Gasteiger partial charge in [0.1, 0.15) is 18.2 Å². The second kappa shape index (κ2) is 12.9. The van der Waals surface area contributed by atoms with Crippen molar-refractivity contribution < 1.29 is 18.4 Å². The standard InChI is InChI=1S/C31H37F2N3O2/c1-3-23(2)35(31(38)25-9-7-10-27(33)19-25)22-30(37)36(28-11-5-4-6-12-28)21-29-13-8-18-34(29)20-24-14-16-26(32)17-15-24/h7-10,13-19,23,28H,3-6,11-12,20-22H2,1-2H3. The Hall–Kier alpha value is -3.48. The molecule has 202 valence electrons. The summed E-state index contributed by atoms with van der Waals surface area (Å²) in [4.78, 5) is 30.8. The lowest BCUT2D eigenvalue weighted by atomic mass is 9.94. The van der Waals surface area contributed by atoms with E-state index in [1.165, 1.54) is 30.3 Å². The van der Waals surface area contributed by atoms with E-state index in [9.17, 15) is 18.4 Å². The zero-order chi connectivity index (χ0) is 27.1. The number of hydrogen-bond donors (Lipinski definition) is 0. The van der Waals surface area contributed by atoms with Crippen LogP contribution in [0.1, 0.15) is 74.0 Å². The van der Waals surface area contributed by atoms with Crippen molar-refractivity contribution in [3.63, 3.8) is 0 Å². The number of carbonyl (C=O) groups is 2. The van der Waals surface area contributed by atoms with E-state index in [0.29, 0.717) is 19.5 Å². The van der Waals surface area contributed by atoms with Gasteiger partial charge in [-0.2, -0.15) is 0 Å². The van der Waals surface area contributed by atoms with Crippen molar-refractivity contribution in [2.75, 3.05) is 6.54 Å². The molecule has 1 aliphatic rings. The monoisotopic (exact) mass is 521 g/mol. The number of nitrogens with zero attached hydrogens (tertiary/aromatic N) is 3. The lowest BCUT2D eigenvalue weighted by Gasteiger charge is -2.37. The fourth-order valence-electron chi connectivity index (χ4n) is 5.19. The van der Waals surface area contributed by atoms with Crippen molar-refractivity contribution in [2.24, 2.45) is 0 Å². The summed E-state index contributed by atoms with van der Waals surface area (Å²) >= 11 is 0. The predicted octanol–water partition coefficient (Wildman–Crippen LogP) is 6.42. The lowest BCUT2D eigenvalue weighted by Crippen LogP contribution is -2.49. The van der Waals surface area contributed by atoms with Crippen molar-refractivity contribution in [1.29, 1.82) is 0 Å². The first-order chi connectivity index (χ1) is 18.4. The van der Waals surface area contributed by atoms with Crippen LogP contribution in [0.2, 0.25) is 0 Å². The second-order valence-corrected chi connectivity index (χ2v) is 10.3. The fourth-order valence-corrected chi connectivity index (χ4v) is 5.19. The van der Waals surface area contributed by atoms with Crippen molar-refractivity contribution in [2.45, 2.75) is 77.5 Å². The molecule has 2 amide bonds. The van der Waals surface area contributed by atoms with E-state index in [1.54, 1.807) is 23.1 Å². The fraction of sp³-hybridized carbons (Fsp3) is 0.419. The number of aromatic nitrogens is 1. The van der Waals surface area contributed by atoms with E-state index in [4.69, 9.17) is 0 Å². The maximum Gasteiger partial charge on any atom is 0.254 e. The number of benzene rings is 2. The molecule has 38 heavy (non-hydrogen) atoms. The first kappa shape index (κ1) is 27.6. The van der Waals surface area contributed by atoms with Gasteiger partial charge in [-0.25, -0.2) is 8.78 Å². The summed E-state index contributed by atoms with van der Waals surface area (Å²) in [6, 6.07) is 16.0. The zero-order valence-electron chi connectivity index (χ0n) is 22.3. The Kier molecular flexibility index (Phi) is 9.32. The Balaban J connectivity index is 1.56. The molecule has 1 aliphatic carbocycles. The Labute approximate surface area is 224 Å². The van der Waals surface area contributed by atoms with Crippen LogP contribution in [0.25, 0.3) is 0 Å². The van der Waals surface area contributed by atoms with Gasteiger partial charge in [-0.05, 0) is 74.2 Å². The third kappa shape index (κ3) is 6.88. The molecule has 0 aliphatic heterocycles. The average Bonchev–Trinajstić information content (AvgIpc) is 3.37. The first-order valence-corrected chi connectivity index (χ1v) is 13.6. The Morgan fingerprint density at radius 3 is 2.39 bits per heavy atom. The van der Waals surface area contributed by atoms with E-state index in [1.807, 2.05) is 37.1 Å². The highest BCUT2D eigenvalue weighted by atomic mass is 19.1. The summed E-state index contributed by atoms with van der Waals surface area (Å²) in [6.45, 7) is 4.84. The van der Waals surface area contributed by atoms with E-state index in [0.717, 1.165) is 43.4 Å². The molecule has 1 fully saturated rings. The van der Waals surface area contributed by atoms with E-state index < -0.39 is 5.82 Å². The van der Waals surface area contributed by atoms with Gasteiger partial charge in [0.05, 0.1) is 6.54 Å². The Morgan fingerprint density at radius 1 is 0.974 bits per heavy atom. The topological polar surface area (TPSA) is 45.6 Å². The minimum Gasteiger partial charge on any atom is -0.345 e. The van der Waals surface area contributed by atoms with Gasteiger partial charge in [0.2, 0.25) is 5.91 Å². The number of halogens is 2. The molecule has 0 N–H and O–H groups in total. The van der Waals surface area contributed by atoms with Crippen molar-refractivity contribution >= 4 is 11.8 Å². The van der Waals surface area contributed by atoms with Crippen molar-refractivity contribution in [3.05, 3.63) is 95.3 Å². The van der Waals surface area contributed by atoms with E-state index >= 15 is 0 Å². The summed E-state index contributed by atoms with van der Waals surface area (Å²) in [5.41, 5.74) is 2.21. The van der Waals surface area contributed by atoms with E-state index in [-0.39, 0.29) is 41.8 Å². The summed E-state index contributed by atoms with van der Waals surface area (Å²) < 4.78 is 29.3. The number of rotatable bonds is 10. The Bertz CT molecular complexity index is 1220. The molecular weight excluding hydrogens is 484 g/mol. The van der Waals surface area contributed by atoms with Crippen molar-refractivity contribution in [1.82, 2.24) is 14.4 Å². The van der Waals surface area contributed by atoms with Gasteiger partial charge in [0.25, 0.3) is 5.91 Å². The molecule has 1 aromatic heterocycles. The third-order valence-electron chi connectivity index (χ3n) is 7.62. The molecule has 0 radical (unpaired) electrons. The lowest BCUT2D eigenvalue weighted by molar-refractivity contribution is -0.136. The summed E-state index contributed by atoms with van der Waals surface area (Å²) in [5, 5.41) is 0. The highest BCUT2D eigenvalue weighted by molar-refractivity contribution is 5.96. The smallest absolute Gasteiger partial charge is 0.254 e. The molecule has 4 rings (SSSR count).